The van der Waals surface area contributed by atoms with Crippen LogP contribution in [0.5, 0.6) is 5.75 Å². The molecule has 4 aromatic rings. The van der Waals surface area contributed by atoms with Crippen LogP contribution in [0, 0.1) is 18.7 Å². The Labute approximate surface area is 194 Å². The summed E-state index contributed by atoms with van der Waals surface area (Å²) >= 11 is 0. The number of urea groups is 1. The molecule has 1 aliphatic rings. The van der Waals surface area contributed by atoms with Crippen molar-refractivity contribution >= 4 is 29.0 Å². The molecule has 1 saturated heterocycles. The SMILES string of the molecule is Cc1cc(-n2ncc3cc(NC(=O)/N=C/C4CNC[C@@H]4Oc4ccc(F)cc4)ncc32)ccn1. The Hall–Kier alpha value is -4.18. The summed E-state index contributed by atoms with van der Waals surface area (Å²) in [5.41, 5.74) is 2.58. The van der Waals surface area contributed by atoms with Crippen LogP contribution in [0.4, 0.5) is 15.0 Å². The van der Waals surface area contributed by atoms with Crippen LogP contribution in [0.3, 0.4) is 0 Å². The minimum atomic E-state index is -0.531. The number of aryl methyl sites for hydroxylation is 1. The van der Waals surface area contributed by atoms with E-state index in [0.717, 1.165) is 22.3 Å². The standard InChI is InChI=1S/C24H22FN7O2/c1-15-8-19(6-7-27-15)32-21-13-28-23(9-16(21)12-30-32)31-24(33)29-11-17-10-26-14-22(17)34-20-4-2-18(25)3-5-20/h2-9,11-13,17,22,26H,10,14H2,1H3,(H,28,31,33)/b29-11+/t17?,22-/m0/s1. The fraction of sp³-hybridized carbons (Fsp3) is 0.208. The molecular weight excluding hydrogens is 437 g/mol. The number of carbonyl (C=O) groups is 1. The molecule has 2 amide bonds. The Morgan fingerprint density at radius 1 is 1.21 bits per heavy atom. The third-order valence-electron chi connectivity index (χ3n) is 5.50. The molecular formula is C24H22FN7O2. The molecule has 0 radical (unpaired) electrons. The highest BCUT2D eigenvalue weighted by Crippen LogP contribution is 2.21. The molecule has 10 heteroatoms. The number of rotatable bonds is 5. The number of hydrogen-bond acceptors (Lipinski definition) is 6. The van der Waals surface area contributed by atoms with Gasteiger partial charge in [0.25, 0.3) is 0 Å². The summed E-state index contributed by atoms with van der Waals surface area (Å²) in [6, 6.07) is 10.9. The van der Waals surface area contributed by atoms with Crippen molar-refractivity contribution in [2.75, 3.05) is 18.4 Å². The van der Waals surface area contributed by atoms with Gasteiger partial charge in [-0.2, -0.15) is 5.10 Å². The molecule has 0 bridgehead atoms. The number of amides is 2. The number of nitrogens with one attached hydrogen (secondary N) is 2. The summed E-state index contributed by atoms with van der Waals surface area (Å²) in [7, 11) is 0. The molecule has 4 heterocycles. The summed E-state index contributed by atoms with van der Waals surface area (Å²) in [6.07, 6.45) is 6.47. The normalized spacial score (nSPS) is 17.9. The maximum Gasteiger partial charge on any atom is 0.346 e. The number of anilines is 1. The molecule has 0 saturated carbocycles. The van der Waals surface area contributed by atoms with E-state index in [1.807, 2.05) is 19.1 Å². The lowest BCUT2D eigenvalue weighted by atomic mass is 10.1. The van der Waals surface area contributed by atoms with Crippen molar-refractivity contribution in [3.63, 3.8) is 0 Å². The van der Waals surface area contributed by atoms with Gasteiger partial charge in [-0.15, -0.1) is 0 Å². The Bertz CT molecular complexity index is 1350. The highest BCUT2D eigenvalue weighted by molar-refractivity contribution is 5.95. The van der Waals surface area contributed by atoms with E-state index < -0.39 is 6.03 Å². The quantitative estimate of drug-likeness (QED) is 0.442. The van der Waals surface area contributed by atoms with Crippen LogP contribution < -0.4 is 15.4 Å². The average molecular weight is 459 g/mol. The van der Waals surface area contributed by atoms with E-state index in [4.69, 9.17) is 4.74 Å². The minimum Gasteiger partial charge on any atom is -0.488 e. The molecule has 9 nitrogen and oxygen atoms in total. The first-order chi connectivity index (χ1) is 16.5. The Balaban J connectivity index is 1.24. The average Bonchev–Trinajstić information content (AvgIpc) is 3.45. The van der Waals surface area contributed by atoms with Gasteiger partial charge in [0.05, 0.1) is 23.6 Å². The first-order valence-corrected chi connectivity index (χ1v) is 10.8. The van der Waals surface area contributed by atoms with Gasteiger partial charge in [-0.05, 0) is 49.4 Å². The fourth-order valence-corrected chi connectivity index (χ4v) is 3.81. The number of ether oxygens (including phenoxy) is 1. The van der Waals surface area contributed by atoms with Gasteiger partial charge in [-0.3, -0.25) is 10.3 Å². The molecule has 2 atom stereocenters. The van der Waals surface area contributed by atoms with E-state index in [1.54, 1.807) is 47.7 Å². The molecule has 5 rings (SSSR count). The molecule has 0 aliphatic carbocycles. The third-order valence-corrected chi connectivity index (χ3v) is 5.50. The second kappa shape index (κ2) is 9.36. The number of halogens is 1. The molecule has 1 unspecified atom stereocenters. The number of nitrogens with zero attached hydrogens (tertiary/aromatic N) is 5. The molecule has 34 heavy (non-hydrogen) atoms. The highest BCUT2D eigenvalue weighted by Gasteiger charge is 2.27. The van der Waals surface area contributed by atoms with E-state index in [0.29, 0.717) is 24.7 Å². The second-order valence-corrected chi connectivity index (χ2v) is 7.98. The first kappa shape index (κ1) is 21.7. The van der Waals surface area contributed by atoms with Crippen LogP contribution in [0.25, 0.3) is 16.6 Å². The molecule has 2 N–H and O–H groups in total. The second-order valence-electron chi connectivity index (χ2n) is 7.98. The van der Waals surface area contributed by atoms with Crippen LogP contribution in [0.2, 0.25) is 0 Å². The molecule has 1 aliphatic heterocycles. The van der Waals surface area contributed by atoms with E-state index in [9.17, 15) is 9.18 Å². The van der Waals surface area contributed by atoms with Gasteiger partial charge in [-0.1, -0.05) is 0 Å². The number of benzene rings is 1. The Kier molecular flexibility index (Phi) is 5.96. The molecule has 1 aromatic carbocycles. The van der Waals surface area contributed by atoms with Crippen molar-refractivity contribution < 1.29 is 13.9 Å². The van der Waals surface area contributed by atoms with Gasteiger partial charge < -0.3 is 10.1 Å². The summed E-state index contributed by atoms with van der Waals surface area (Å²) in [5.74, 6) is 0.522. The van der Waals surface area contributed by atoms with Crippen molar-refractivity contribution in [2.24, 2.45) is 10.9 Å². The number of aromatic nitrogens is 4. The van der Waals surface area contributed by atoms with Crippen LogP contribution in [0.1, 0.15) is 5.69 Å². The van der Waals surface area contributed by atoms with Gasteiger partial charge in [0.2, 0.25) is 0 Å². The molecule has 0 spiro atoms. The van der Waals surface area contributed by atoms with Gasteiger partial charge in [0.1, 0.15) is 23.5 Å². The van der Waals surface area contributed by atoms with Gasteiger partial charge in [0, 0.05) is 42.5 Å². The smallest absolute Gasteiger partial charge is 0.346 e. The topological polar surface area (TPSA) is 106 Å². The van der Waals surface area contributed by atoms with Crippen LogP contribution in [-0.4, -0.2) is 51.2 Å². The number of carbonyl (C=O) groups excluding carboxylic acids is 1. The lowest BCUT2D eigenvalue weighted by Gasteiger charge is -2.17. The van der Waals surface area contributed by atoms with E-state index in [2.05, 4.69) is 30.7 Å². The fourth-order valence-electron chi connectivity index (χ4n) is 3.81. The zero-order chi connectivity index (χ0) is 23.5. The number of aliphatic imine (C=N–C) groups is 1. The van der Waals surface area contributed by atoms with Crippen LogP contribution in [-0.2, 0) is 0 Å². The predicted octanol–water partition coefficient (Wildman–Crippen LogP) is 3.53. The first-order valence-electron chi connectivity index (χ1n) is 10.8. The summed E-state index contributed by atoms with van der Waals surface area (Å²) < 4.78 is 20.8. The van der Waals surface area contributed by atoms with Crippen LogP contribution >= 0.6 is 0 Å². The summed E-state index contributed by atoms with van der Waals surface area (Å²) in [4.78, 5) is 25.0. The van der Waals surface area contributed by atoms with Gasteiger partial charge >= 0.3 is 6.03 Å². The van der Waals surface area contributed by atoms with E-state index in [1.165, 1.54) is 12.1 Å². The molecule has 3 aromatic heterocycles. The molecule has 1 fully saturated rings. The zero-order valence-electron chi connectivity index (χ0n) is 18.4. The van der Waals surface area contributed by atoms with Gasteiger partial charge in [-0.25, -0.2) is 23.8 Å². The minimum absolute atomic E-state index is 0.103. The molecule has 172 valence electrons. The maximum absolute atomic E-state index is 13.1. The Morgan fingerprint density at radius 2 is 2.06 bits per heavy atom. The third kappa shape index (κ3) is 4.76. The lowest BCUT2D eigenvalue weighted by Crippen LogP contribution is -2.27. The number of hydrogen-bond donors (Lipinski definition) is 2. The van der Waals surface area contributed by atoms with Crippen molar-refractivity contribution in [1.82, 2.24) is 25.1 Å². The summed E-state index contributed by atoms with van der Waals surface area (Å²) in [5, 5.41) is 11.2. The van der Waals surface area contributed by atoms with Crippen LogP contribution in [0.15, 0.2) is 66.0 Å². The van der Waals surface area contributed by atoms with E-state index >= 15 is 0 Å². The van der Waals surface area contributed by atoms with Crippen molar-refractivity contribution in [1.29, 1.82) is 0 Å². The van der Waals surface area contributed by atoms with Crippen molar-refractivity contribution in [3.05, 3.63) is 72.6 Å². The van der Waals surface area contributed by atoms with Gasteiger partial charge in [0.15, 0.2) is 0 Å². The zero-order valence-corrected chi connectivity index (χ0v) is 18.4. The number of pyridine rings is 2. The summed E-state index contributed by atoms with van der Waals surface area (Å²) in [6.45, 7) is 3.15. The van der Waals surface area contributed by atoms with Crippen molar-refractivity contribution in [2.45, 2.75) is 13.0 Å². The Morgan fingerprint density at radius 3 is 2.88 bits per heavy atom. The lowest BCUT2D eigenvalue weighted by molar-refractivity contribution is 0.202. The maximum atomic E-state index is 13.1. The van der Waals surface area contributed by atoms with Crippen molar-refractivity contribution in [3.8, 4) is 11.4 Å². The predicted molar refractivity (Wildman–Crippen MR) is 126 cm³/mol. The van der Waals surface area contributed by atoms with E-state index in [-0.39, 0.29) is 17.8 Å². The highest BCUT2D eigenvalue weighted by atomic mass is 19.1. The largest absolute Gasteiger partial charge is 0.488 e. The monoisotopic (exact) mass is 459 g/mol. The number of fused-ring (bicyclic) bond motifs is 1.